The molecule has 0 spiro atoms. The third-order valence-corrected chi connectivity index (χ3v) is 9.52. The average molecular weight is 662 g/mol. The van der Waals surface area contributed by atoms with Crippen molar-refractivity contribution in [2.75, 3.05) is 0 Å². The number of nitrogens with zero attached hydrogens (tertiary/aromatic N) is 5. The summed E-state index contributed by atoms with van der Waals surface area (Å²) in [5.41, 5.74) is 7.64. The van der Waals surface area contributed by atoms with Crippen molar-refractivity contribution < 1.29 is 0 Å². The first-order valence-corrected chi connectivity index (χ1v) is 17.0. The summed E-state index contributed by atoms with van der Waals surface area (Å²) < 4.78 is 0. The van der Waals surface area contributed by atoms with Crippen LogP contribution in [0.15, 0.2) is 164 Å². The molecule has 9 aromatic rings. The van der Waals surface area contributed by atoms with Gasteiger partial charge in [0.15, 0.2) is 17.5 Å². The van der Waals surface area contributed by atoms with E-state index >= 15 is 0 Å². The Morgan fingerprint density at radius 1 is 0.308 bits per heavy atom. The van der Waals surface area contributed by atoms with Crippen LogP contribution in [0.3, 0.4) is 0 Å². The monoisotopic (exact) mass is 661 g/mol. The van der Waals surface area contributed by atoms with E-state index in [2.05, 4.69) is 91.0 Å². The first-order valence-electron chi connectivity index (χ1n) is 17.0. The fourth-order valence-corrected chi connectivity index (χ4v) is 7.10. The predicted octanol–water partition coefficient (Wildman–Crippen LogP) is 11.4. The summed E-state index contributed by atoms with van der Waals surface area (Å²) in [5, 5.41) is 26.1. The largest absolute Gasteiger partial charge is 0.208 e. The van der Waals surface area contributed by atoms with E-state index in [1.165, 1.54) is 0 Å². The third kappa shape index (κ3) is 5.40. The molecule has 9 rings (SSSR count). The zero-order chi connectivity index (χ0) is 35.0. The number of hydrogen-bond acceptors (Lipinski definition) is 5. The highest BCUT2D eigenvalue weighted by Crippen LogP contribution is 2.42. The van der Waals surface area contributed by atoms with Gasteiger partial charge < -0.3 is 0 Å². The number of aromatic nitrogens is 3. The van der Waals surface area contributed by atoms with Gasteiger partial charge in [0.25, 0.3) is 0 Å². The lowest BCUT2D eigenvalue weighted by molar-refractivity contribution is 1.07. The van der Waals surface area contributed by atoms with Gasteiger partial charge in [-0.3, -0.25) is 0 Å². The summed E-state index contributed by atoms with van der Waals surface area (Å²) in [4.78, 5) is 14.9. The van der Waals surface area contributed by atoms with Crippen LogP contribution in [0.5, 0.6) is 0 Å². The van der Waals surface area contributed by atoms with Gasteiger partial charge in [0, 0.05) is 16.7 Å². The molecule has 5 nitrogen and oxygen atoms in total. The van der Waals surface area contributed by atoms with Crippen molar-refractivity contribution in [2.45, 2.75) is 0 Å². The number of hydrogen-bond donors (Lipinski definition) is 0. The second kappa shape index (κ2) is 12.8. The summed E-state index contributed by atoms with van der Waals surface area (Å²) in [5.74, 6) is 1.84. The highest BCUT2D eigenvalue weighted by Gasteiger charge is 2.17. The number of fused-ring (bicyclic) bond motifs is 5. The molecule has 52 heavy (non-hydrogen) atoms. The first kappa shape index (κ1) is 30.6. The molecule has 0 atom stereocenters. The Bertz CT molecular complexity index is 2830. The van der Waals surface area contributed by atoms with Crippen molar-refractivity contribution in [1.82, 2.24) is 15.0 Å². The second-order valence-electron chi connectivity index (χ2n) is 12.7. The highest BCUT2D eigenvalue weighted by atomic mass is 15.0. The fourth-order valence-electron chi connectivity index (χ4n) is 7.10. The average Bonchev–Trinajstić information content (AvgIpc) is 3.23. The zero-order valence-electron chi connectivity index (χ0n) is 27.8. The lowest BCUT2D eigenvalue weighted by atomic mass is 9.87. The molecule has 1 aromatic heterocycles. The van der Waals surface area contributed by atoms with Crippen molar-refractivity contribution >= 4 is 32.3 Å². The SMILES string of the molecule is N#Cc1cc(C#N)cc(-c2cc3c4ccccc4c(-c4cccc(-c5nc(-c6ccccc6)nc(-c6ccccc6)n5)c4)cc3c3ccccc23)c1. The summed E-state index contributed by atoms with van der Waals surface area (Å²) in [6, 6.07) is 59.6. The van der Waals surface area contributed by atoms with Crippen LogP contribution in [0.1, 0.15) is 11.1 Å². The molecule has 0 aliphatic rings. The molecule has 1 heterocycles. The first-order chi connectivity index (χ1) is 25.7. The molecule has 0 saturated heterocycles. The standard InChI is InChI=1S/C47H27N5/c48-28-30-22-31(29-49)24-36(23-30)42-27-44-39-20-9-7-18-37(39)41(26-43(44)40-21-10-8-19-38(40)42)34-16-11-17-35(25-34)47-51-45(32-12-3-1-4-13-32)50-46(52-47)33-14-5-2-6-15-33/h1-27H. The maximum Gasteiger partial charge on any atom is 0.164 e. The van der Waals surface area contributed by atoms with Crippen LogP contribution < -0.4 is 0 Å². The minimum atomic E-state index is 0.461. The molecule has 0 bridgehead atoms. The summed E-state index contributed by atoms with van der Waals surface area (Å²) in [6.07, 6.45) is 0. The van der Waals surface area contributed by atoms with E-state index in [9.17, 15) is 10.5 Å². The molecule has 0 amide bonds. The van der Waals surface area contributed by atoms with Gasteiger partial charge in [-0.25, -0.2) is 15.0 Å². The zero-order valence-corrected chi connectivity index (χ0v) is 27.8. The molecular weight excluding hydrogens is 635 g/mol. The van der Waals surface area contributed by atoms with Crippen LogP contribution in [-0.2, 0) is 0 Å². The molecule has 0 aliphatic heterocycles. The highest BCUT2D eigenvalue weighted by molar-refractivity contribution is 6.23. The van der Waals surface area contributed by atoms with Crippen LogP contribution in [0.4, 0.5) is 0 Å². The smallest absolute Gasteiger partial charge is 0.164 e. The van der Waals surface area contributed by atoms with Crippen molar-refractivity contribution in [3.63, 3.8) is 0 Å². The van der Waals surface area contributed by atoms with Gasteiger partial charge in [-0.15, -0.1) is 0 Å². The van der Waals surface area contributed by atoms with Crippen molar-refractivity contribution in [2.24, 2.45) is 0 Å². The number of benzene rings is 8. The Morgan fingerprint density at radius 3 is 1.21 bits per heavy atom. The Labute approximate surface area is 300 Å². The van der Waals surface area contributed by atoms with E-state index < -0.39 is 0 Å². The Kier molecular flexibility index (Phi) is 7.51. The topological polar surface area (TPSA) is 86.2 Å². The lowest BCUT2D eigenvalue weighted by Crippen LogP contribution is -2.00. The molecule has 5 heteroatoms. The minimum Gasteiger partial charge on any atom is -0.208 e. The normalized spacial score (nSPS) is 11.0. The van der Waals surface area contributed by atoms with Crippen LogP contribution in [0.25, 0.3) is 88.7 Å². The van der Waals surface area contributed by atoms with Gasteiger partial charge in [-0.05, 0) is 91.0 Å². The third-order valence-electron chi connectivity index (χ3n) is 9.52. The molecule has 0 fully saturated rings. The van der Waals surface area contributed by atoms with Crippen molar-refractivity contribution in [3.05, 3.63) is 175 Å². The molecule has 0 unspecified atom stereocenters. The van der Waals surface area contributed by atoms with E-state index in [1.807, 2.05) is 78.9 Å². The minimum absolute atomic E-state index is 0.461. The van der Waals surface area contributed by atoms with Gasteiger partial charge in [0.05, 0.1) is 23.3 Å². The van der Waals surface area contributed by atoms with Crippen LogP contribution in [0, 0.1) is 22.7 Å². The quantitative estimate of drug-likeness (QED) is 0.171. The molecule has 0 N–H and O–H groups in total. The fraction of sp³-hybridized carbons (Fsp3) is 0. The molecule has 240 valence electrons. The Morgan fingerprint density at radius 2 is 0.712 bits per heavy atom. The number of rotatable bonds is 5. The maximum atomic E-state index is 9.75. The van der Waals surface area contributed by atoms with Gasteiger partial charge >= 0.3 is 0 Å². The summed E-state index contributed by atoms with van der Waals surface area (Å²) in [7, 11) is 0. The van der Waals surface area contributed by atoms with E-state index in [1.54, 1.807) is 6.07 Å². The van der Waals surface area contributed by atoms with Crippen LogP contribution in [-0.4, -0.2) is 15.0 Å². The Balaban J connectivity index is 1.26. The summed E-state index contributed by atoms with van der Waals surface area (Å²) in [6.45, 7) is 0. The summed E-state index contributed by atoms with van der Waals surface area (Å²) >= 11 is 0. The van der Waals surface area contributed by atoms with Gasteiger partial charge in [0.1, 0.15) is 0 Å². The molecule has 0 saturated carbocycles. The van der Waals surface area contributed by atoms with Crippen molar-refractivity contribution in [3.8, 4) is 68.6 Å². The molecule has 8 aromatic carbocycles. The van der Waals surface area contributed by atoms with Gasteiger partial charge in [-0.2, -0.15) is 10.5 Å². The molecule has 0 radical (unpaired) electrons. The van der Waals surface area contributed by atoms with Gasteiger partial charge in [0.2, 0.25) is 0 Å². The van der Waals surface area contributed by atoms with Crippen molar-refractivity contribution in [1.29, 1.82) is 10.5 Å². The maximum absolute atomic E-state index is 9.75. The Hall–Kier alpha value is -7.47. The van der Waals surface area contributed by atoms with Crippen LogP contribution in [0.2, 0.25) is 0 Å². The van der Waals surface area contributed by atoms with Gasteiger partial charge in [-0.1, -0.05) is 127 Å². The molecular formula is C47H27N5. The predicted molar refractivity (Wildman–Crippen MR) is 209 cm³/mol. The molecule has 0 aliphatic carbocycles. The van der Waals surface area contributed by atoms with Crippen LogP contribution >= 0.6 is 0 Å². The van der Waals surface area contributed by atoms with E-state index in [4.69, 9.17) is 15.0 Å². The van der Waals surface area contributed by atoms with E-state index in [0.717, 1.165) is 71.3 Å². The van der Waals surface area contributed by atoms with E-state index in [0.29, 0.717) is 28.6 Å². The lowest BCUT2D eigenvalue weighted by Gasteiger charge is -2.16. The second-order valence-corrected chi connectivity index (χ2v) is 12.7. The number of nitriles is 2. The van der Waals surface area contributed by atoms with E-state index in [-0.39, 0.29) is 0 Å².